The van der Waals surface area contributed by atoms with Gasteiger partial charge in [0.05, 0.1) is 17.3 Å². The zero-order chi connectivity index (χ0) is 21.1. The second-order valence-corrected chi connectivity index (χ2v) is 6.55. The summed E-state index contributed by atoms with van der Waals surface area (Å²) < 4.78 is 11.9. The highest BCUT2D eigenvalue weighted by Crippen LogP contribution is 2.30. The highest BCUT2D eigenvalue weighted by Gasteiger charge is 2.15. The number of nitrogens with one attached hydrogen (secondary N) is 3. The van der Waals surface area contributed by atoms with Gasteiger partial charge in [0.2, 0.25) is 5.91 Å². The molecule has 2 aromatic carbocycles. The van der Waals surface area contributed by atoms with Crippen LogP contribution in [-0.4, -0.2) is 34.8 Å². The summed E-state index contributed by atoms with van der Waals surface area (Å²) in [5.41, 5.74) is 4.05. The van der Waals surface area contributed by atoms with Crippen LogP contribution in [0.25, 0.3) is 10.8 Å². The maximum atomic E-state index is 12.4. The Hall–Kier alpha value is -4.08. The smallest absolute Gasteiger partial charge is 0.273 e. The van der Waals surface area contributed by atoms with Crippen molar-refractivity contribution in [1.82, 2.24) is 20.6 Å². The number of amides is 2. The van der Waals surface area contributed by atoms with Crippen molar-refractivity contribution in [2.24, 2.45) is 0 Å². The minimum atomic E-state index is -0.531. The van der Waals surface area contributed by atoms with Crippen molar-refractivity contribution in [3.05, 3.63) is 68.7 Å². The van der Waals surface area contributed by atoms with Crippen LogP contribution in [0.1, 0.15) is 16.8 Å². The first-order valence-electron chi connectivity index (χ1n) is 9.23. The number of rotatable bonds is 4. The number of nitrogens with zero attached hydrogens (tertiary/aromatic N) is 1. The molecular formula is C20H18N4O6. The standard InChI is InChI=1S/C20H18N4O6/c25-17(7-8-24-20(28)14-4-2-1-3-13(14)19(27)23-24)21-22-18(26)12-5-6-15-16(11-12)30-10-9-29-15/h1-6,11H,7-10H2,(H,21,25)(H,22,26)(H,23,27). The normalized spacial score (nSPS) is 12.4. The van der Waals surface area contributed by atoms with Crippen molar-refractivity contribution in [1.29, 1.82) is 0 Å². The van der Waals surface area contributed by atoms with E-state index in [-0.39, 0.29) is 29.3 Å². The Bertz CT molecular complexity index is 1250. The average molecular weight is 410 g/mol. The average Bonchev–Trinajstić information content (AvgIpc) is 2.78. The van der Waals surface area contributed by atoms with Crippen LogP contribution in [0, 0.1) is 0 Å². The maximum Gasteiger partial charge on any atom is 0.273 e. The molecule has 4 rings (SSSR count). The van der Waals surface area contributed by atoms with Gasteiger partial charge in [-0.15, -0.1) is 0 Å². The van der Waals surface area contributed by atoms with Gasteiger partial charge in [0.15, 0.2) is 11.5 Å². The lowest BCUT2D eigenvalue weighted by Gasteiger charge is -2.18. The molecule has 1 aromatic heterocycles. The molecule has 0 aliphatic carbocycles. The van der Waals surface area contributed by atoms with Gasteiger partial charge >= 0.3 is 0 Å². The van der Waals surface area contributed by atoms with Gasteiger partial charge in [-0.25, -0.2) is 4.68 Å². The SMILES string of the molecule is O=C(CCn1[nH]c(=O)c2ccccc2c1=O)NNC(=O)c1ccc2c(c1)OCCO2. The third kappa shape index (κ3) is 3.88. The number of hydrogen-bond donors (Lipinski definition) is 3. The molecule has 10 nitrogen and oxygen atoms in total. The summed E-state index contributed by atoms with van der Waals surface area (Å²) in [6, 6.07) is 11.1. The van der Waals surface area contributed by atoms with Crippen LogP contribution in [0.3, 0.4) is 0 Å². The monoisotopic (exact) mass is 410 g/mol. The molecule has 2 amide bonds. The maximum absolute atomic E-state index is 12.4. The van der Waals surface area contributed by atoms with E-state index < -0.39 is 22.9 Å². The molecule has 0 unspecified atom stereocenters. The van der Waals surface area contributed by atoms with Gasteiger partial charge in [-0.1, -0.05) is 12.1 Å². The zero-order valence-electron chi connectivity index (χ0n) is 15.8. The number of hydrazine groups is 1. The van der Waals surface area contributed by atoms with E-state index in [0.29, 0.717) is 24.7 Å². The number of aromatic amines is 1. The van der Waals surface area contributed by atoms with Gasteiger partial charge in [-0.3, -0.25) is 35.1 Å². The van der Waals surface area contributed by atoms with E-state index in [4.69, 9.17) is 9.47 Å². The largest absolute Gasteiger partial charge is 0.486 e. The van der Waals surface area contributed by atoms with Crippen LogP contribution in [0.15, 0.2) is 52.1 Å². The van der Waals surface area contributed by atoms with Crippen molar-refractivity contribution in [2.75, 3.05) is 13.2 Å². The van der Waals surface area contributed by atoms with Gasteiger partial charge in [0.25, 0.3) is 17.0 Å². The first-order valence-corrected chi connectivity index (χ1v) is 9.23. The van der Waals surface area contributed by atoms with Crippen LogP contribution in [0.4, 0.5) is 0 Å². The molecule has 0 radical (unpaired) electrons. The number of fused-ring (bicyclic) bond motifs is 2. The molecule has 0 atom stereocenters. The van der Waals surface area contributed by atoms with E-state index in [0.717, 1.165) is 4.68 Å². The lowest BCUT2D eigenvalue weighted by Crippen LogP contribution is -2.42. The van der Waals surface area contributed by atoms with Crippen molar-refractivity contribution in [2.45, 2.75) is 13.0 Å². The molecule has 0 spiro atoms. The Morgan fingerprint density at radius 1 is 0.967 bits per heavy atom. The molecule has 0 fully saturated rings. The molecule has 0 bridgehead atoms. The lowest BCUT2D eigenvalue weighted by molar-refractivity contribution is -0.122. The zero-order valence-corrected chi connectivity index (χ0v) is 15.8. The molecule has 1 aliphatic heterocycles. The number of ether oxygens (including phenoxy) is 2. The molecule has 154 valence electrons. The van der Waals surface area contributed by atoms with E-state index in [2.05, 4.69) is 16.0 Å². The minimum absolute atomic E-state index is 0.0510. The quantitative estimate of drug-likeness (QED) is 0.531. The Labute approximate surface area is 169 Å². The van der Waals surface area contributed by atoms with Gasteiger partial charge < -0.3 is 9.47 Å². The summed E-state index contributed by atoms with van der Waals surface area (Å²) in [6.07, 6.45) is -0.129. The predicted octanol–water partition coefficient (Wildman–Crippen LogP) is 0.312. The first kappa shape index (κ1) is 19.2. The van der Waals surface area contributed by atoms with Crippen molar-refractivity contribution >= 4 is 22.6 Å². The fraction of sp³-hybridized carbons (Fsp3) is 0.200. The number of aryl methyl sites for hydroxylation is 1. The summed E-state index contributed by atoms with van der Waals surface area (Å²) in [4.78, 5) is 48.8. The van der Waals surface area contributed by atoms with E-state index in [1.165, 1.54) is 6.07 Å². The summed E-state index contributed by atoms with van der Waals surface area (Å²) in [7, 11) is 0. The minimum Gasteiger partial charge on any atom is -0.486 e. The molecule has 30 heavy (non-hydrogen) atoms. The topological polar surface area (TPSA) is 132 Å². The predicted molar refractivity (Wildman–Crippen MR) is 106 cm³/mol. The third-order valence-corrected chi connectivity index (χ3v) is 4.57. The molecule has 0 saturated carbocycles. The number of H-pyrrole nitrogens is 1. The Kier molecular flexibility index (Phi) is 5.21. The highest BCUT2D eigenvalue weighted by molar-refractivity contribution is 5.96. The molecule has 3 aromatic rings. The van der Waals surface area contributed by atoms with E-state index in [9.17, 15) is 19.2 Å². The third-order valence-electron chi connectivity index (χ3n) is 4.57. The van der Waals surface area contributed by atoms with Crippen LogP contribution in [0.2, 0.25) is 0 Å². The molecular weight excluding hydrogens is 392 g/mol. The van der Waals surface area contributed by atoms with E-state index in [1.54, 1.807) is 36.4 Å². The van der Waals surface area contributed by atoms with Crippen LogP contribution in [0.5, 0.6) is 11.5 Å². The van der Waals surface area contributed by atoms with Crippen LogP contribution < -0.4 is 31.4 Å². The lowest BCUT2D eigenvalue weighted by atomic mass is 10.2. The van der Waals surface area contributed by atoms with Crippen molar-refractivity contribution < 1.29 is 19.1 Å². The highest BCUT2D eigenvalue weighted by atomic mass is 16.6. The molecule has 0 saturated heterocycles. The fourth-order valence-electron chi connectivity index (χ4n) is 3.06. The Balaban J connectivity index is 1.36. The molecule has 3 N–H and O–H groups in total. The van der Waals surface area contributed by atoms with Crippen molar-refractivity contribution in [3.63, 3.8) is 0 Å². The first-order chi connectivity index (χ1) is 14.5. The summed E-state index contributed by atoms with van der Waals surface area (Å²) in [5.74, 6) is -0.0464. The van der Waals surface area contributed by atoms with Gasteiger partial charge in [-0.2, -0.15) is 0 Å². The number of benzene rings is 2. The fourth-order valence-corrected chi connectivity index (χ4v) is 3.06. The Morgan fingerprint density at radius 3 is 2.50 bits per heavy atom. The number of carbonyl (C=O) groups is 2. The second kappa shape index (κ2) is 8.11. The summed E-state index contributed by atoms with van der Waals surface area (Å²) in [6.45, 7) is 0.788. The molecule has 10 heteroatoms. The van der Waals surface area contributed by atoms with E-state index in [1.807, 2.05) is 0 Å². The van der Waals surface area contributed by atoms with Gasteiger partial charge in [-0.05, 0) is 30.3 Å². The molecule has 2 heterocycles. The van der Waals surface area contributed by atoms with Crippen molar-refractivity contribution in [3.8, 4) is 11.5 Å². The van der Waals surface area contributed by atoms with Crippen LogP contribution >= 0.6 is 0 Å². The number of hydrogen-bond acceptors (Lipinski definition) is 6. The van der Waals surface area contributed by atoms with Gasteiger partial charge in [0, 0.05) is 12.0 Å². The summed E-state index contributed by atoms with van der Waals surface area (Å²) in [5, 5.41) is 3.01. The van der Waals surface area contributed by atoms with E-state index >= 15 is 0 Å². The summed E-state index contributed by atoms with van der Waals surface area (Å²) >= 11 is 0. The molecule has 1 aliphatic rings. The number of aromatic nitrogens is 2. The second-order valence-electron chi connectivity index (χ2n) is 6.55. The van der Waals surface area contributed by atoms with Gasteiger partial charge in [0.1, 0.15) is 13.2 Å². The number of carbonyl (C=O) groups excluding carboxylic acids is 2. The van der Waals surface area contributed by atoms with Crippen LogP contribution in [-0.2, 0) is 11.3 Å². The Morgan fingerprint density at radius 2 is 1.70 bits per heavy atom.